The standard InChI is InChI=1S/C34H49NO4S/c1-6-31(38)39-30(34(16-17-34)32-35-22(3)20-40-32)14-9-21(2)27-12-13-28-24(8-7-15-33(27,28)5)10-11-25-18-26(36)19-29(37)23(25)4/h10-11,20-21,26-30,36-37H,4,6-9,12-19H2,1-3,5H3/t21-,26-,27-,28+,29+,30-,33-/m1/s1. The van der Waals surface area contributed by atoms with E-state index in [0.29, 0.717) is 37.0 Å². The number of fused-ring (bicyclic) bond motifs is 1. The highest BCUT2D eigenvalue weighted by atomic mass is 32.1. The molecule has 0 spiro atoms. The summed E-state index contributed by atoms with van der Waals surface area (Å²) in [6.45, 7) is 13.0. The van der Waals surface area contributed by atoms with Crippen molar-refractivity contribution >= 4 is 17.3 Å². The van der Waals surface area contributed by atoms with Crippen LogP contribution in [0.3, 0.4) is 0 Å². The van der Waals surface area contributed by atoms with Crippen LogP contribution in [-0.2, 0) is 14.9 Å². The Hall–Kier alpha value is -1.76. The van der Waals surface area contributed by atoms with Crippen molar-refractivity contribution in [3.8, 4) is 0 Å². The summed E-state index contributed by atoms with van der Waals surface area (Å²) in [7, 11) is 0. The van der Waals surface area contributed by atoms with Crippen LogP contribution in [0.25, 0.3) is 0 Å². The van der Waals surface area contributed by atoms with Crippen molar-refractivity contribution in [1.29, 1.82) is 0 Å². The lowest BCUT2D eigenvalue weighted by Gasteiger charge is -2.44. The summed E-state index contributed by atoms with van der Waals surface area (Å²) in [5.41, 5.74) is 4.55. The predicted octanol–water partition coefficient (Wildman–Crippen LogP) is 7.36. The molecule has 220 valence electrons. The highest BCUT2D eigenvalue weighted by Crippen LogP contribution is 2.60. The molecule has 4 aliphatic carbocycles. The minimum atomic E-state index is -0.642. The first-order chi connectivity index (χ1) is 19.1. The first kappa shape index (κ1) is 29.7. The topological polar surface area (TPSA) is 79.7 Å². The highest BCUT2D eigenvalue weighted by molar-refractivity contribution is 7.09. The number of hydrogen-bond donors (Lipinski definition) is 2. The number of ether oxygens (including phenoxy) is 1. The minimum absolute atomic E-state index is 0.0792. The van der Waals surface area contributed by atoms with Crippen molar-refractivity contribution < 1.29 is 19.7 Å². The SMILES string of the molecule is C=C1C(=CC=C2CCC[C@]3(C)[C@@H]([C@H](C)CC[C@@H](OC(=O)CC)C4(c5nc(C)cs5)CC4)CC[C@@H]23)C[C@@H](O)C[C@@H]1O. The van der Waals surface area contributed by atoms with E-state index in [1.54, 1.807) is 11.3 Å². The predicted molar refractivity (Wildman–Crippen MR) is 161 cm³/mol. The summed E-state index contributed by atoms with van der Waals surface area (Å²) in [5, 5.41) is 23.7. The van der Waals surface area contributed by atoms with E-state index in [9.17, 15) is 15.0 Å². The van der Waals surface area contributed by atoms with E-state index in [2.05, 4.69) is 38.0 Å². The van der Waals surface area contributed by atoms with Gasteiger partial charge in [0.1, 0.15) is 11.1 Å². The van der Waals surface area contributed by atoms with Crippen molar-refractivity contribution in [3.63, 3.8) is 0 Å². The lowest BCUT2D eigenvalue weighted by atomic mass is 9.60. The van der Waals surface area contributed by atoms with Crippen LogP contribution in [0.2, 0.25) is 0 Å². The molecule has 1 aromatic rings. The second kappa shape index (κ2) is 11.9. The van der Waals surface area contributed by atoms with Gasteiger partial charge in [0.15, 0.2) is 0 Å². The molecule has 6 heteroatoms. The Labute approximate surface area is 244 Å². The number of aliphatic hydroxyl groups excluding tert-OH is 2. The van der Waals surface area contributed by atoms with Gasteiger partial charge in [0.2, 0.25) is 0 Å². The third kappa shape index (κ3) is 5.78. The van der Waals surface area contributed by atoms with Gasteiger partial charge in [-0.3, -0.25) is 4.79 Å². The number of aryl methyl sites for hydroxylation is 1. The Morgan fingerprint density at radius 1 is 1.25 bits per heavy atom. The minimum Gasteiger partial charge on any atom is -0.461 e. The quantitative estimate of drug-likeness (QED) is 0.305. The van der Waals surface area contributed by atoms with E-state index in [0.717, 1.165) is 54.0 Å². The molecule has 4 aliphatic rings. The molecule has 0 saturated heterocycles. The maximum atomic E-state index is 12.5. The van der Waals surface area contributed by atoms with Crippen molar-refractivity contribution in [2.45, 2.75) is 128 Å². The second-order valence-corrected chi connectivity index (χ2v) is 14.4. The monoisotopic (exact) mass is 567 g/mol. The van der Waals surface area contributed by atoms with Gasteiger partial charge in [-0.05, 0) is 105 Å². The molecular formula is C34H49NO4S. The molecule has 0 unspecified atom stereocenters. The fraction of sp³-hybridized carbons (Fsp3) is 0.706. The first-order valence-corrected chi connectivity index (χ1v) is 16.5. The summed E-state index contributed by atoms with van der Waals surface area (Å²) in [4.78, 5) is 17.3. The van der Waals surface area contributed by atoms with Crippen LogP contribution in [0.5, 0.6) is 0 Å². The Balaban J connectivity index is 1.28. The molecule has 0 radical (unpaired) electrons. The number of allylic oxidation sites excluding steroid dienone is 3. The summed E-state index contributed by atoms with van der Waals surface area (Å²) >= 11 is 1.72. The molecule has 40 heavy (non-hydrogen) atoms. The molecule has 0 aliphatic heterocycles. The largest absolute Gasteiger partial charge is 0.461 e. The van der Waals surface area contributed by atoms with E-state index in [1.807, 2.05) is 13.8 Å². The molecule has 2 N–H and O–H groups in total. The van der Waals surface area contributed by atoms with Gasteiger partial charge in [-0.25, -0.2) is 4.98 Å². The maximum absolute atomic E-state index is 12.5. The zero-order valence-corrected chi connectivity index (χ0v) is 25.8. The number of aromatic nitrogens is 1. The van der Waals surface area contributed by atoms with Crippen LogP contribution in [0.4, 0.5) is 0 Å². The lowest BCUT2D eigenvalue weighted by molar-refractivity contribution is -0.151. The zero-order valence-electron chi connectivity index (χ0n) is 25.0. The number of thiazole rings is 1. The first-order valence-electron chi connectivity index (χ1n) is 15.6. The third-order valence-corrected chi connectivity index (χ3v) is 12.1. The summed E-state index contributed by atoms with van der Waals surface area (Å²) in [5.74, 6) is 1.70. The Bertz CT molecular complexity index is 1160. The van der Waals surface area contributed by atoms with Crippen LogP contribution < -0.4 is 0 Å². The lowest BCUT2D eigenvalue weighted by Crippen LogP contribution is -2.37. The van der Waals surface area contributed by atoms with Gasteiger partial charge in [-0.2, -0.15) is 0 Å². The zero-order chi connectivity index (χ0) is 28.7. The molecule has 4 saturated carbocycles. The van der Waals surface area contributed by atoms with E-state index in [1.165, 1.54) is 31.3 Å². The number of nitrogens with zero attached hydrogens (tertiary/aromatic N) is 1. The average molecular weight is 568 g/mol. The van der Waals surface area contributed by atoms with E-state index >= 15 is 0 Å². The molecule has 5 rings (SSSR count). The van der Waals surface area contributed by atoms with Crippen molar-refractivity contribution in [3.05, 3.63) is 51.5 Å². The van der Waals surface area contributed by atoms with Gasteiger partial charge in [-0.1, -0.05) is 45.1 Å². The molecular weight excluding hydrogens is 518 g/mol. The smallest absolute Gasteiger partial charge is 0.305 e. The molecule has 4 fully saturated rings. The van der Waals surface area contributed by atoms with Gasteiger partial charge in [0.25, 0.3) is 0 Å². The van der Waals surface area contributed by atoms with E-state index in [-0.39, 0.29) is 22.9 Å². The number of carbonyl (C=O) groups excluding carboxylic acids is 1. The number of carbonyl (C=O) groups is 1. The van der Waals surface area contributed by atoms with Gasteiger partial charge in [0, 0.05) is 23.9 Å². The molecule has 1 heterocycles. The van der Waals surface area contributed by atoms with Gasteiger partial charge < -0.3 is 14.9 Å². The summed E-state index contributed by atoms with van der Waals surface area (Å²) in [6.07, 6.45) is 14.8. The Kier molecular flexibility index (Phi) is 8.81. The molecule has 1 aromatic heterocycles. The van der Waals surface area contributed by atoms with Crippen molar-refractivity contribution in [1.82, 2.24) is 4.98 Å². The number of esters is 1. The summed E-state index contributed by atoms with van der Waals surface area (Å²) < 4.78 is 6.14. The molecule has 0 bridgehead atoms. The Morgan fingerprint density at radius 3 is 2.70 bits per heavy atom. The second-order valence-electron chi connectivity index (χ2n) is 13.5. The van der Waals surface area contributed by atoms with Crippen LogP contribution >= 0.6 is 11.3 Å². The fourth-order valence-electron chi connectivity index (χ4n) is 8.38. The van der Waals surface area contributed by atoms with Crippen molar-refractivity contribution in [2.24, 2.45) is 23.2 Å². The number of hydrogen-bond acceptors (Lipinski definition) is 6. The molecule has 5 nitrogen and oxygen atoms in total. The van der Waals surface area contributed by atoms with E-state index in [4.69, 9.17) is 9.72 Å². The van der Waals surface area contributed by atoms with Crippen LogP contribution in [0.15, 0.2) is 40.8 Å². The van der Waals surface area contributed by atoms with Gasteiger partial charge >= 0.3 is 5.97 Å². The maximum Gasteiger partial charge on any atom is 0.305 e. The normalized spacial score (nSPS) is 35.0. The number of aliphatic hydroxyl groups is 2. The van der Waals surface area contributed by atoms with Crippen LogP contribution in [-0.4, -0.2) is 39.5 Å². The van der Waals surface area contributed by atoms with Crippen LogP contribution in [0.1, 0.15) is 109 Å². The van der Waals surface area contributed by atoms with E-state index < -0.39 is 12.2 Å². The summed E-state index contributed by atoms with van der Waals surface area (Å²) in [6, 6.07) is 0. The van der Waals surface area contributed by atoms with Crippen LogP contribution in [0, 0.1) is 30.1 Å². The van der Waals surface area contributed by atoms with Gasteiger partial charge in [0.05, 0.1) is 17.6 Å². The molecule has 7 atom stereocenters. The third-order valence-electron chi connectivity index (χ3n) is 10.9. The van der Waals surface area contributed by atoms with Crippen molar-refractivity contribution in [2.75, 3.05) is 0 Å². The van der Waals surface area contributed by atoms with Gasteiger partial charge in [-0.15, -0.1) is 11.3 Å². The Morgan fingerprint density at radius 2 is 2.02 bits per heavy atom. The average Bonchev–Trinajstić information content (AvgIpc) is 3.48. The molecule has 0 aromatic carbocycles. The number of rotatable bonds is 9. The molecule has 0 amide bonds. The fourth-order valence-corrected chi connectivity index (χ4v) is 9.48. The highest BCUT2D eigenvalue weighted by Gasteiger charge is 2.55.